The molecule has 1 aromatic rings. The minimum atomic E-state index is -0.505. The van der Waals surface area contributed by atoms with Gasteiger partial charge in [0.05, 0.1) is 10.3 Å². The number of carbonyl (C=O) groups excluding carboxylic acids is 1. The molecule has 0 saturated carbocycles. The number of benzene rings is 1. The lowest BCUT2D eigenvalue weighted by Crippen LogP contribution is -2.31. The summed E-state index contributed by atoms with van der Waals surface area (Å²) in [5.74, 6) is -0.0139. The SMILES string of the molecule is CC(C)C(Cl)CNC(=O)c1ccc([N+](=O)[O-])cc1. The second-order valence-corrected chi connectivity index (χ2v) is 4.83. The second-order valence-electron chi connectivity index (χ2n) is 4.27. The molecule has 0 aromatic heterocycles. The van der Waals surface area contributed by atoms with E-state index in [1.54, 1.807) is 0 Å². The van der Waals surface area contributed by atoms with E-state index < -0.39 is 4.92 Å². The number of amides is 1. The average molecular weight is 271 g/mol. The van der Waals surface area contributed by atoms with Gasteiger partial charge in [0.2, 0.25) is 0 Å². The molecular formula is C12H15ClN2O3. The highest BCUT2D eigenvalue weighted by Gasteiger charge is 2.13. The zero-order chi connectivity index (χ0) is 13.7. The van der Waals surface area contributed by atoms with Gasteiger partial charge in [0, 0.05) is 24.2 Å². The number of nitro benzene ring substituents is 1. The number of carbonyl (C=O) groups is 1. The summed E-state index contributed by atoms with van der Waals surface area (Å²) in [6, 6.07) is 5.45. The molecule has 0 aliphatic rings. The van der Waals surface area contributed by atoms with Gasteiger partial charge < -0.3 is 5.32 Å². The summed E-state index contributed by atoms with van der Waals surface area (Å²) < 4.78 is 0. The molecule has 1 aromatic carbocycles. The average Bonchev–Trinajstić information content (AvgIpc) is 2.35. The lowest BCUT2D eigenvalue weighted by molar-refractivity contribution is -0.384. The van der Waals surface area contributed by atoms with Crippen LogP contribution in [0.5, 0.6) is 0 Å². The molecule has 1 amide bonds. The molecule has 0 heterocycles. The maximum absolute atomic E-state index is 11.7. The second kappa shape index (κ2) is 6.35. The van der Waals surface area contributed by atoms with Crippen LogP contribution in [0.3, 0.4) is 0 Å². The summed E-state index contributed by atoms with van der Waals surface area (Å²) in [7, 11) is 0. The van der Waals surface area contributed by atoms with Crippen LogP contribution in [0, 0.1) is 16.0 Å². The Bertz CT molecular complexity index is 431. The monoisotopic (exact) mass is 270 g/mol. The van der Waals surface area contributed by atoms with Crippen LogP contribution in [0.25, 0.3) is 0 Å². The molecule has 0 bridgehead atoms. The van der Waals surface area contributed by atoms with Gasteiger partial charge in [-0.2, -0.15) is 0 Å². The molecule has 6 heteroatoms. The third-order valence-electron chi connectivity index (χ3n) is 2.52. The van der Waals surface area contributed by atoms with Crippen molar-refractivity contribution >= 4 is 23.2 Å². The molecule has 0 aliphatic heterocycles. The van der Waals surface area contributed by atoms with Crippen LogP contribution in [-0.2, 0) is 0 Å². The smallest absolute Gasteiger partial charge is 0.269 e. The first-order valence-corrected chi connectivity index (χ1v) is 6.02. The molecule has 18 heavy (non-hydrogen) atoms. The molecule has 0 fully saturated rings. The first-order valence-electron chi connectivity index (χ1n) is 5.58. The Morgan fingerprint density at radius 3 is 2.39 bits per heavy atom. The van der Waals surface area contributed by atoms with E-state index in [0.29, 0.717) is 12.1 Å². The van der Waals surface area contributed by atoms with Crippen molar-refractivity contribution < 1.29 is 9.72 Å². The van der Waals surface area contributed by atoms with Gasteiger partial charge >= 0.3 is 0 Å². The number of nitrogens with zero attached hydrogens (tertiary/aromatic N) is 1. The van der Waals surface area contributed by atoms with Gasteiger partial charge in [-0.1, -0.05) is 13.8 Å². The minimum absolute atomic E-state index is 0.0380. The number of rotatable bonds is 5. The predicted molar refractivity (Wildman–Crippen MR) is 69.9 cm³/mol. The lowest BCUT2D eigenvalue weighted by Gasteiger charge is -2.13. The van der Waals surface area contributed by atoms with E-state index >= 15 is 0 Å². The molecule has 5 nitrogen and oxygen atoms in total. The molecule has 98 valence electrons. The van der Waals surface area contributed by atoms with Crippen molar-refractivity contribution in [2.24, 2.45) is 5.92 Å². The molecular weight excluding hydrogens is 256 g/mol. The highest BCUT2D eigenvalue weighted by atomic mass is 35.5. The van der Waals surface area contributed by atoms with Gasteiger partial charge in [0.25, 0.3) is 11.6 Å². The van der Waals surface area contributed by atoms with E-state index in [1.165, 1.54) is 24.3 Å². The van der Waals surface area contributed by atoms with Gasteiger partial charge in [-0.05, 0) is 18.1 Å². The fourth-order valence-electron chi connectivity index (χ4n) is 1.26. The maximum Gasteiger partial charge on any atom is 0.269 e. The van der Waals surface area contributed by atoms with Gasteiger partial charge in [-0.25, -0.2) is 0 Å². The first-order chi connectivity index (χ1) is 8.41. The molecule has 1 unspecified atom stereocenters. The van der Waals surface area contributed by atoms with Crippen molar-refractivity contribution in [1.82, 2.24) is 5.32 Å². The number of hydrogen-bond donors (Lipinski definition) is 1. The number of hydrogen-bond acceptors (Lipinski definition) is 3. The Kier molecular flexibility index (Phi) is 5.09. The van der Waals surface area contributed by atoms with E-state index in [4.69, 9.17) is 11.6 Å². The molecule has 0 radical (unpaired) electrons. The van der Waals surface area contributed by atoms with E-state index in [-0.39, 0.29) is 22.9 Å². The van der Waals surface area contributed by atoms with Gasteiger partial charge in [0.15, 0.2) is 0 Å². The molecule has 0 spiro atoms. The van der Waals surface area contributed by atoms with Gasteiger partial charge in [-0.3, -0.25) is 14.9 Å². The Morgan fingerprint density at radius 1 is 1.39 bits per heavy atom. The van der Waals surface area contributed by atoms with Gasteiger partial charge in [-0.15, -0.1) is 11.6 Å². The van der Waals surface area contributed by atoms with Crippen LogP contribution in [-0.4, -0.2) is 22.8 Å². The van der Waals surface area contributed by atoms with Crippen molar-refractivity contribution in [2.45, 2.75) is 19.2 Å². The largest absolute Gasteiger partial charge is 0.351 e. The molecule has 1 rings (SSSR count). The highest BCUT2D eigenvalue weighted by molar-refractivity contribution is 6.21. The number of nitrogens with one attached hydrogen (secondary N) is 1. The van der Waals surface area contributed by atoms with Crippen LogP contribution >= 0.6 is 11.6 Å². The summed E-state index contributed by atoms with van der Waals surface area (Å²) in [6.07, 6.45) is 0. The zero-order valence-electron chi connectivity index (χ0n) is 10.2. The van der Waals surface area contributed by atoms with E-state index in [1.807, 2.05) is 13.8 Å². The topological polar surface area (TPSA) is 72.2 Å². The Morgan fingerprint density at radius 2 is 1.94 bits per heavy atom. The van der Waals surface area contributed by atoms with Gasteiger partial charge in [0.1, 0.15) is 0 Å². The molecule has 0 saturated heterocycles. The third-order valence-corrected chi connectivity index (χ3v) is 3.18. The lowest BCUT2D eigenvalue weighted by atomic mass is 10.1. The summed E-state index contributed by atoms with van der Waals surface area (Å²) in [6.45, 7) is 4.31. The highest BCUT2D eigenvalue weighted by Crippen LogP contribution is 2.12. The Labute approximate surface area is 110 Å². The Balaban J connectivity index is 2.59. The van der Waals surface area contributed by atoms with Crippen LogP contribution in [0.2, 0.25) is 0 Å². The van der Waals surface area contributed by atoms with Crippen LogP contribution in [0.15, 0.2) is 24.3 Å². The van der Waals surface area contributed by atoms with Crippen LogP contribution < -0.4 is 5.32 Å². The predicted octanol–water partition coefficient (Wildman–Crippen LogP) is 2.59. The van der Waals surface area contributed by atoms with Crippen molar-refractivity contribution in [2.75, 3.05) is 6.54 Å². The van der Waals surface area contributed by atoms with Crippen LogP contribution in [0.4, 0.5) is 5.69 Å². The normalized spacial score (nSPS) is 12.2. The van der Waals surface area contributed by atoms with E-state index in [0.717, 1.165) is 0 Å². The summed E-state index contributed by atoms with van der Waals surface area (Å²) in [5.41, 5.74) is 0.345. The van der Waals surface area contributed by atoms with Crippen molar-refractivity contribution in [3.05, 3.63) is 39.9 Å². The maximum atomic E-state index is 11.7. The number of non-ortho nitro benzene ring substituents is 1. The van der Waals surface area contributed by atoms with Crippen LogP contribution in [0.1, 0.15) is 24.2 Å². The van der Waals surface area contributed by atoms with Crippen molar-refractivity contribution in [3.8, 4) is 0 Å². The Hall–Kier alpha value is -1.62. The summed E-state index contributed by atoms with van der Waals surface area (Å²) >= 11 is 6.01. The molecule has 1 N–H and O–H groups in total. The summed E-state index contributed by atoms with van der Waals surface area (Å²) in [4.78, 5) is 21.7. The summed E-state index contributed by atoms with van der Waals surface area (Å²) in [5, 5.41) is 13.0. The van der Waals surface area contributed by atoms with E-state index in [2.05, 4.69) is 5.32 Å². The first kappa shape index (κ1) is 14.4. The minimum Gasteiger partial charge on any atom is -0.351 e. The zero-order valence-corrected chi connectivity index (χ0v) is 11.0. The van der Waals surface area contributed by atoms with E-state index in [9.17, 15) is 14.9 Å². The number of halogens is 1. The third kappa shape index (κ3) is 4.00. The number of nitro groups is 1. The quantitative estimate of drug-likeness (QED) is 0.508. The number of alkyl halides is 1. The fourth-order valence-corrected chi connectivity index (χ4v) is 1.34. The molecule has 1 atom stereocenters. The molecule has 0 aliphatic carbocycles. The van der Waals surface area contributed by atoms with Crippen molar-refractivity contribution in [3.63, 3.8) is 0 Å². The fraction of sp³-hybridized carbons (Fsp3) is 0.417. The van der Waals surface area contributed by atoms with Crippen molar-refractivity contribution in [1.29, 1.82) is 0 Å². The standard InChI is InChI=1S/C12H15ClN2O3/c1-8(2)11(13)7-14-12(16)9-3-5-10(6-4-9)15(17)18/h3-6,8,11H,7H2,1-2H3,(H,14,16).